The van der Waals surface area contributed by atoms with Crippen molar-refractivity contribution in [3.05, 3.63) is 130 Å². The largest absolute Gasteiger partial charge is 0.332 e. The molecule has 0 bridgehead atoms. The molecule has 4 aromatic rings. The maximum atomic E-state index is 14.3. The maximum Gasteiger partial charge on any atom is 0.242 e. The molecule has 38 heavy (non-hydrogen) atoms. The highest BCUT2D eigenvalue weighted by atomic mass is 32.1. The highest BCUT2D eigenvalue weighted by molar-refractivity contribution is 7.09. The average Bonchev–Trinajstić information content (AvgIpc) is 3.47. The molecular weight excluding hydrogens is 488 g/mol. The first-order valence-electron chi connectivity index (χ1n) is 13.3. The Kier molecular flexibility index (Phi) is 9.88. The first-order valence-corrected chi connectivity index (χ1v) is 14.2. The van der Waals surface area contributed by atoms with Crippen LogP contribution in [0, 0.1) is 5.92 Å². The van der Waals surface area contributed by atoms with Crippen molar-refractivity contribution in [1.29, 1.82) is 0 Å². The van der Waals surface area contributed by atoms with Crippen LogP contribution >= 0.6 is 11.3 Å². The van der Waals surface area contributed by atoms with Gasteiger partial charge < -0.3 is 9.80 Å². The molecule has 2 amide bonds. The number of carbonyl (C=O) groups is 2. The summed E-state index contributed by atoms with van der Waals surface area (Å²) in [7, 11) is 0. The van der Waals surface area contributed by atoms with Crippen LogP contribution < -0.4 is 0 Å². The number of hydrogen-bond donors (Lipinski definition) is 0. The number of rotatable bonds is 12. The smallest absolute Gasteiger partial charge is 0.242 e. The number of amides is 2. The molecule has 0 radical (unpaired) electrons. The SMILES string of the molecule is CCC(C)CN(CC(=O)N(Cc1ccccc1)Cc1cccs1)C(=O)C(c1ccccc1)c1ccccc1. The van der Waals surface area contributed by atoms with Gasteiger partial charge in [-0.05, 0) is 34.1 Å². The van der Waals surface area contributed by atoms with Gasteiger partial charge in [0, 0.05) is 18.0 Å². The molecule has 0 fully saturated rings. The van der Waals surface area contributed by atoms with E-state index in [0.717, 1.165) is 28.0 Å². The highest BCUT2D eigenvalue weighted by Gasteiger charge is 2.30. The van der Waals surface area contributed by atoms with Crippen molar-refractivity contribution in [2.45, 2.75) is 39.3 Å². The van der Waals surface area contributed by atoms with E-state index in [4.69, 9.17) is 0 Å². The first-order chi connectivity index (χ1) is 18.5. The number of benzene rings is 3. The van der Waals surface area contributed by atoms with E-state index in [0.29, 0.717) is 19.6 Å². The molecule has 4 rings (SSSR count). The third-order valence-corrected chi connectivity index (χ3v) is 7.74. The Morgan fingerprint density at radius 1 is 0.737 bits per heavy atom. The van der Waals surface area contributed by atoms with E-state index in [1.807, 2.05) is 107 Å². The summed E-state index contributed by atoms with van der Waals surface area (Å²) in [5.74, 6) is -0.265. The Labute approximate surface area is 230 Å². The van der Waals surface area contributed by atoms with Crippen LogP contribution in [0.3, 0.4) is 0 Å². The lowest BCUT2D eigenvalue weighted by Gasteiger charge is -2.32. The van der Waals surface area contributed by atoms with Crippen LogP contribution in [-0.2, 0) is 22.7 Å². The Hall–Kier alpha value is -3.70. The fraction of sp³-hybridized carbons (Fsp3) is 0.273. The van der Waals surface area contributed by atoms with Gasteiger partial charge in [0.15, 0.2) is 0 Å². The molecular formula is C33H36N2O2S. The molecule has 0 saturated heterocycles. The summed E-state index contributed by atoms with van der Waals surface area (Å²) < 4.78 is 0. The van der Waals surface area contributed by atoms with Crippen molar-refractivity contribution >= 4 is 23.2 Å². The average molecular weight is 525 g/mol. The minimum atomic E-state index is -0.464. The Bertz CT molecular complexity index is 1220. The lowest BCUT2D eigenvalue weighted by molar-refractivity contribution is -0.142. The van der Waals surface area contributed by atoms with Crippen LogP contribution in [0.25, 0.3) is 0 Å². The van der Waals surface area contributed by atoms with E-state index in [1.165, 1.54) is 0 Å². The van der Waals surface area contributed by atoms with Crippen molar-refractivity contribution in [2.24, 2.45) is 5.92 Å². The Morgan fingerprint density at radius 3 is 1.84 bits per heavy atom. The number of nitrogens with zero attached hydrogens (tertiary/aromatic N) is 2. The van der Waals surface area contributed by atoms with Crippen LogP contribution in [0.15, 0.2) is 109 Å². The van der Waals surface area contributed by atoms with Gasteiger partial charge in [0.2, 0.25) is 11.8 Å². The summed E-state index contributed by atoms with van der Waals surface area (Å²) in [4.78, 5) is 33.0. The predicted octanol–water partition coefficient (Wildman–Crippen LogP) is 6.98. The topological polar surface area (TPSA) is 40.6 Å². The fourth-order valence-corrected chi connectivity index (χ4v) is 5.30. The minimum absolute atomic E-state index is 0.0353. The summed E-state index contributed by atoms with van der Waals surface area (Å²) in [6.45, 7) is 5.88. The van der Waals surface area contributed by atoms with Crippen LogP contribution in [-0.4, -0.2) is 34.7 Å². The normalized spacial score (nSPS) is 11.8. The van der Waals surface area contributed by atoms with Gasteiger partial charge in [-0.15, -0.1) is 11.3 Å². The van der Waals surface area contributed by atoms with Crippen molar-refractivity contribution in [3.63, 3.8) is 0 Å². The molecule has 5 heteroatoms. The summed E-state index contributed by atoms with van der Waals surface area (Å²) >= 11 is 1.64. The molecule has 0 aliphatic heterocycles. The maximum absolute atomic E-state index is 14.3. The minimum Gasteiger partial charge on any atom is -0.332 e. The third kappa shape index (κ3) is 7.42. The Morgan fingerprint density at radius 2 is 1.32 bits per heavy atom. The zero-order valence-corrected chi connectivity index (χ0v) is 23.0. The molecule has 1 aromatic heterocycles. The highest BCUT2D eigenvalue weighted by Crippen LogP contribution is 2.28. The van der Waals surface area contributed by atoms with E-state index >= 15 is 0 Å². The van der Waals surface area contributed by atoms with Crippen LogP contribution in [0.5, 0.6) is 0 Å². The molecule has 0 aliphatic carbocycles. The predicted molar refractivity (Wildman–Crippen MR) is 156 cm³/mol. The second-order valence-electron chi connectivity index (χ2n) is 9.80. The molecule has 1 atom stereocenters. The number of hydrogen-bond acceptors (Lipinski definition) is 3. The summed E-state index contributed by atoms with van der Waals surface area (Å²) in [6.07, 6.45) is 0.933. The standard InChI is InChI=1S/C33H36N2O2S/c1-3-26(2)22-35(33(37)32(28-16-9-5-10-17-28)29-18-11-6-12-19-29)25-31(36)34(24-30-20-13-21-38-30)23-27-14-7-4-8-15-27/h4-21,26,32H,3,22-25H2,1-2H3. The van der Waals surface area contributed by atoms with Crippen LogP contribution in [0.4, 0.5) is 0 Å². The molecule has 0 saturated carbocycles. The Balaban J connectivity index is 1.63. The molecule has 0 aliphatic rings. The second-order valence-corrected chi connectivity index (χ2v) is 10.8. The van der Waals surface area contributed by atoms with Crippen molar-refractivity contribution in [3.8, 4) is 0 Å². The lowest BCUT2D eigenvalue weighted by Crippen LogP contribution is -2.45. The quantitative estimate of drug-likeness (QED) is 0.201. The van der Waals surface area contributed by atoms with Gasteiger partial charge in [0.1, 0.15) is 0 Å². The fourth-order valence-electron chi connectivity index (χ4n) is 4.58. The van der Waals surface area contributed by atoms with E-state index in [2.05, 4.69) is 19.9 Å². The van der Waals surface area contributed by atoms with E-state index in [1.54, 1.807) is 16.2 Å². The third-order valence-electron chi connectivity index (χ3n) is 6.88. The van der Waals surface area contributed by atoms with Gasteiger partial charge in [-0.3, -0.25) is 9.59 Å². The molecule has 196 valence electrons. The van der Waals surface area contributed by atoms with Crippen molar-refractivity contribution in [2.75, 3.05) is 13.1 Å². The first kappa shape index (κ1) is 27.3. The molecule has 4 nitrogen and oxygen atoms in total. The summed E-state index contributed by atoms with van der Waals surface area (Å²) in [5, 5.41) is 2.03. The monoisotopic (exact) mass is 524 g/mol. The van der Waals surface area contributed by atoms with Crippen LogP contribution in [0.2, 0.25) is 0 Å². The number of carbonyl (C=O) groups excluding carboxylic acids is 2. The number of thiophene rings is 1. The van der Waals surface area contributed by atoms with Gasteiger partial charge in [-0.2, -0.15) is 0 Å². The second kappa shape index (κ2) is 13.7. The zero-order valence-electron chi connectivity index (χ0n) is 22.2. The molecule has 1 unspecified atom stereocenters. The lowest BCUT2D eigenvalue weighted by atomic mass is 9.89. The van der Waals surface area contributed by atoms with E-state index < -0.39 is 5.92 Å². The molecule has 1 heterocycles. The van der Waals surface area contributed by atoms with Gasteiger partial charge >= 0.3 is 0 Å². The summed E-state index contributed by atoms with van der Waals surface area (Å²) in [5.41, 5.74) is 2.94. The van der Waals surface area contributed by atoms with Gasteiger partial charge in [-0.25, -0.2) is 0 Å². The summed E-state index contributed by atoms with van der Waals surface area (Å²) in [6, 6.07) is 33.9. The van der Waals surface area contributed by atoms with Gasteiger partial charge in [0.05, 0.1) is 19.0 Å². The molecule has 0 N–H and O–H groups in total. The van der Waals surface area contributed by atoms with E-state index in [9.17, 15) is 9.59 Å². The molecule has 3 aromatic carbocycles. The molecule has 0 spiro atoms. The van der Waals surface area contributed by atoms with Gasteiger partial charge in [-0.1, -0.05) is 117 Å². The van der Waals surface area contributed by atoms with E-state index in [-0.39, 0.29) is 24.3 Å². The van der Waals surface area contributed by atoms with Crippen LogP contribution in [0.1, 0.15) is 47.8 Å². The van der Waals surface area contributed by atoms with Crippen molar-refractivity contribution < 1.29 is 9.59 Å². The van der Waals surface area contributed by atoms with Crippen molar-refractivity contribution in [1.82, 2.24) is 9.80 Å². The zero-order chi connectivity index (χ0) is 26.7. The van der Waals surface area contributed by atoms with Gasteiger partial charge in [0.25, 0.3) is 0 Å².